The van der Waals surface area contributed by atoms with Crippen molar-refractivity contribution in [1.29, 1.82) is 5.41 Å². The number of thiol groups is 1. The molecule has 34 heavy (non-hydrogen) atoms. The summed E-state index contributed by atoms with van der Waals surface area (Å²) in [4.78, 5) is 24.3. The van der Waals surface area contributed by atoms with Gasteiger partial charge in [-0.15, -0.1) is 12.6 Å². The lowest BCUT2D eigenvalue weighted by Gasteiger charge is -2.43. The van der Waals surface area contributed by atoms with Crippen LogP contribution in [0.15, 0.2) is 46.1 Å². The number of aryl methyl sites for hydroxylation is 1. The van der Waals surface area contributed by atoms with E-state index in [4.69, 9.17) is 23.8 Å². The van der Waals surface area contributed by atoms with Crippen molar-refractivity contribution in [1.82, 2.24) is 14.9 Å². The second-order valence-corrected chi connectivity index (χ2v) is 10.2. The third-order valence-electron chi connectivity index (χ3n) is 7.22. The molecule has 1 saturated heterocycles. The lowest BCUT2D eigenvalue weighted by molar-refractivity contribution is 0.0580. The Bertz CT molecular complexity index is 1240. The number of fused-ring (bicyclic) bond motifs is 1. The maximum absolute atomic E-state index is 13.0. The summed E-state index contributed by atoms with van der Waals surface area (Å²) in [6, 6.07) is 12.7. The van der Waals surface area contributed by atoms with Crippen LogP contribution in [0.25, 0.3) is 22.3 Å². The summed E-state index contributed by atoms with van der Waals surface area (Å²) in [5, 5.41) is 7.67. The van der Waals surface area contributed by atoms with E-state index in [1.807, 2.05) is 18.2 Å². The molecule has 3 atom stereocenters. The van der Waals surface area contributed by atoms with Crippen LogP contribution in [0.1, 0.15) is 64.0 Å². The highest BCUT2D eigenvalue weighted by molar-refractivity contribution is 7.80. The number of H-pyrrole nitrogens is 1. The van der Waals surface area contributed by atoms with Crippen molar-refractivity contribution in [3.05, 3.63) is 57.9 Å². The van der Waals surface area contributed by atoms with Gasteiger partial charge in [0.1, 0.15) is 11.5 Å². The van der Waals surface area contributed by atoms with Gasteiger partial charge in [-0.25, -0.2) is 4.98 Å². The van der Waals surface area contributed by atoms with Gasteiger partial charge in [-0.3, -0.25) is 15.1 Å². The van der Waals surface area contributed by atoms with Gasteiger partial charge in [0.2, 0.25) is 0 Å². The number of nitrogens with zero attached hydrogens (tertiary/aromatic N) is 2. The Morgan fingerprint density at radius 1 is 1.26 bits per heavy atom. The summed E-state index contributed by atoms with van der Waals surface area (Å²) in [5.41, 5.74) is 9.45. The number of rotatable bonds is 7. The number of nitrogens with two attached hydrogens (primary N) is 1. The molecule has 1 fully saturated rings. The van der Waals surface area contributed by atoms with Gasteiger partial charge in [0, 0.05) is 34.1 Å². The zero-order valence-corrected chi connectivity index (χ0v) is 21.2. The molecule has 3 aromatic rings. The lowest BCUT2D eigenvalue weighted by Crippen LogP contribution is -2.48. The largest absolute Gasteiger partial charge is 0.384 e. The average Bonchev–Trinajstić information content (AvgIpc) is 2.80. The van der Waals surface area contributed by atoms with Gasteiger partial charge in [0.05, 0.1) is 11.0 Å². The fraction of sp³-hybridized carbons (Fsp3) is 0.444. The van der Waals surface area contributed by atoms with Crippen LogP contribution in [0.2, 0.25) is 0 Å². The minimum Gasteiger partial charge on any atom is -0.384 e. The number of piperidine rings is 1. The number of aromatic nitrogens is 2. The molecule has 0 spiro atoms. The maximum Gasteiger partial charge on any atom is 0.274 e. The molecule has 4 N–H and O–H groups in total. The normalized spacial score (nSPS) is 19.9. The predicted octanol–water partition coefficient (Wildman–Crippen LogP) is 5.14. The highest BCUT2D eigenvalue weighted by Crippen LogP contribution is 2.29. The van der Waals surface area contributed by atoms with E-state index in [0.717, 1.165) is 40.8 Å². The standard InChI is InChI=1S/C27H35N5OS/c1-16-7-4-8-17(2)32(16)18(3)9-5-12-21-23(34)14-13-22-25(21)31-27(33)24(30-22)19-10-6-11-20(15-19)26(28)29/h6,10-11,13-18,34H,4-5,7-9,12H2,1-3H3,(H3,28,29)(H,31,33). The number of likely N-dealkylation sites (tertiary alicyclic amines) is 1. The molecular formula is C27H35N5OS. The van der Waals surface area contributed by atoms with E-state index in [2.05, 4.69) is 35.6 Å². The fourth-order valence-corrected chi connectivity index (χ4v) is 5.82. The van der Waals surface area contributed by atoms with Gasteiger partial charge in [0.15, 0.2) is 0 Å². The molecule has 0 radical (unpaired) electrons. The number of benzene rings is 2. The molecule has 180 valence electrons. The van der Waals surface area contributed by atoms with E-state index >= 15 is 0 Å². The van der Waals surface area contributed by atoms with Crippen molar-refractivity contribution in [3.63, 3.8) is 0 Å². The van der Waals surface area contributed by atoms with E-state index in [0.29, 0.717) is 34.9 Å². The Morgan fingerprint density at radius 2 is 2.00 bits per heavy atom. The third kappa shape index (κ3) is 5.05. The number of hydrogen-bond acceptors (Lipinski definition) is 5. The van der Waals surface area contributed by atoms with Crippen LogP contribution in [0.5, 0.6) is 0 Å². The summed E-state index contributed by atoms with van der Waals surface area (Å²) < 4.78 is 0. The molecule has 2 heterocycles. The van der Waals surface area contributed by atoms with Crippen molar-refractivity contribution < 1.29 is 0 Å². The highest BCUT2D eigenvalue weighted by Gasteiger charge is 2.28. The third-order valence-corrected chi connectivity index (χ3v) is 7.64. The summed E-state index contributed by atoms with van der Waals surface area (Å²) >= 11 is 4.70. The van der Waals surface area contributed by atoms with Crippen LogP contribution in [-0.4, -0.2) is 38.8 Å². The number of nitrogens with one attached hydrogen (secondary N) is 2. The molecule has 0 bridgehead atoms. The van der Waals surface area contributed by atoms with Crippen molar-refractivity contribution in [2.45, 2.75) is 82.3 Å². The Balaban J connectivity index is 1.57. The lowest BCUT2D eigenvalue weighted by atomic mass is 9.93. The summed E-state index contributed by atoms with van der Waals surface area (Å²) in [6.07, 6.45) is 6.85. The van der Waals surface area contributed by atoms with Crippen LogP contribution < -0.4 is 11.3 Å². The van der Waals surface area contributed by atoms with Crippen LogP contribution in [0, 0.1) is 5.41 Å². The molecule has 4 rings (SSSR count). The van der Waals surface area contributed by atoms with Gasteiger partial charge in [-0.05, 0) is 76.6 Å². The number of nitrogen functional groups attached to an aromatic ring is 1. The molecule has 2 aromatic carbocycles. The van der Waals surface area contributed by atoms with E-state index in [1.54, 1.807) is 18.2 Å². The molecule has 7 heteroatoms. The topological polar surface area (TPSA) is 98.9 Å². The van der Waals surface area contributed by atoms with Gasteiger partial charge in [-0.1, -0.05) is 24.6 Å². The summed E-state index contributed by atoms with van der Waals surface area (Å²) in [7, 11) is 0. The summed E-state index contributed by atoms with van der Waals surface area (Å²) in [6.45, 7) is 7.04. The van der Waals surface area contributed by atoms with Crippen molar-refractivity contribution in [2.24, 2.45) is 5.73 Å². The quantitative estimate of drug-likeness (QED) is 0.215. The molecule has 1 aliphatic heterocycles. The molecule has 1 aromatic heterocycles. The number of amidine groups is 1. The number of aromatic amines is 1. The summed E-state index contributed by atoms with van der Waals surface area (Å²) in [5.74, 6) is -0.0383. The second-order valence-electron chi connectivity index (χ2n) is 9.68. The molecule has 1 aliphatic rings. The van der Waals surface area contributed by atoms with Crippen LogP contribution in [0.4, 0.5) is 0 Å². The SMILES string of the molecule is CC(CCCc1c(S)ccc2nc(-c3cccc(C(=N)N)c3)c(=O)[nH]c12)N1C(C)CCCC1C. The minimum atomic E-state index is -0.252. The van der Waals surface area contributed by atoms with E-state index in [9.17, 15) is 4.79 Å². The molecule has 6 nitrogen and oxygen atoms in total. The van der Waals surface area contributed by atoms with Gasteiger partial charge in [0.25, 0.3) is 5.56 Å². The van der Waals surface area contributed by atoms with Crippen molar-refractivity contribution in [3.8, 4) is 11.3 Å². The maximum atomic E-state index is 13.0. The predicted molar refractivity (Wildman–Crippen MR) is 143 cm³/mol. The second kappa shape index (κ2) is 10.3. The first-order valence-electron chi connectivity index (χ1n) is 12.2. The molecule has 0 amide bonds. The zero-order valence-electron chi connectivity index (χ0n) is 20.3. The zero-order chi connectivity index (χ0) is 24.4. The van der Waals surface area contributed by atoms with Gasteiger partial charge < -0.3 is 10.7 Å². The van der Waals surface area contributed by atoms with Gasteiger partial charge >= 0.3 is 0 Å². The average molecular weight is 478 g/mol. The monoisotopic (exact) mass is 477 g/mol. The first kappa shape index (κ1) is 24.5. The van der Waals surface area contributed by atoms with E-state index in [-0.39, 0.29) is 11.4 Å². The Morgan fingerprint density at radius 3 is 2.71 bits per heavy atom. The molecule has 0 saturated carbocycles. The Kier molecular flexibility index (Phi) is 7.43. The number of hydrogen-bond donors (Lipinski definition) is 4. The molecule has 0 aliphatic carbocycles. The first-order valence-corrected chi connectivity index (χ1v) is 12.7. The van der Waals surface area contributed by atoms with Crippen LogP contribution in [0.3, 0.4) is 0 Å². The van der Waals surface area contributed by atoms with Crippen LogP contribution in [-0.2, 0) is 6.42 Å². The van der Waals surface area contributed by atoms with E-state index in [1.165, 1.54) is 19.3 Å². The Hall–Kier alpha value is -2.64. The fourth-order valence-electron chi connectivity index (χ4n) is 5.52. The minimum absolute atomic E-state index is 0.0383. The van der Waals surface area contributed by atoms with Crippen LogP contribution >= 0.6 is 12.6 Å². The molecular weight excluding hydrogens is 442 g/mol. The van der Waals surface area contributed by atoms with E-state index < -0.39 is 0 Å². The highest BCUT2D eigenvalue weighted by atomic mass is 32.1. The Labute approximate surface area is 206 Å². The van der Waals surface area contributed by atoms with Crippen molar-refractivity contribution in [2.75, 3.05) is 0 Å². The molecule has 3 unspecified atom stereocenters. The van der Waals surface area contributed by atoms with Crippen molar-refractivity contribution >= 4 is 29.5 Å². The smallest absolute Gasteiger partial charge is 0.274 e. The van der Waals surface area contributed by atoms with Gasteiger partial charge in [-0.2, -0.15) is 0 Å². The first-order chi connectivity index (χ1) is 16.3.